The summed E-state index contributed by atoms with van der Waals surface area (Å²) >= 11 is 7.01. The lowest BCUT2D eigenvalue weighted by atomic mass is 10.1. The van der Waals surface area contributed by atoms with Gasteiger partial charge in [-0.1, -0.05) is 26.0 Å². The first-order valence-electron chi connectivity index (χ1n) is 11.2. The SMILES string of the molecule is Cc1ccc2nc(-c3ccc(NC(=S)NC(=O)c4cccc(OCCC(C)C)c4)cc3)sc2c1. The lowest BCUT2D eigenvalue weighted by Gasteiger charge is -2.11. The van der Waals surface area contributed by atoms with Gasteiger partial charge < -0.3 is 10.1 Å². The van der Waals surface area contributed by atoms with Crippen LogP contribution in [0.5, 0.6) is 5.75 Å². The van der Waals surface area contributed by atoms with E-state index in [9.17, 15) is 4.79 Å². The monoisotopic (exact) mass is 489 g/mol. The number of rotatable bonds is 7. The number of benzene rings is 3. The van der Waals surface area contributed by atoms with Crippen molar-refractivity contribution >= 4 is 50.5 Å². The predicted octanol–water partition coefficient (Wildman–Crippen LogP) is 6.82. The number of hydrogen-bond donors (Lipinski definition) is 2. The summed E-state index contributed by atoms with van der Waals surface area (Å²) in [5, 5.41) is 7.01. The summed E-state index contributed by atoms with van der Waals surface area (Å²) in [6, 6.07) is 21.2. The molecule has 34 heavy (non-hydrogen) atoms. The Bertz CT molecular complexity index is 1310. The smallest absolute Gasteiger partial charge is 0.257 e. The van der Waals surface area contributed by atoms with Crippen LogP contribution in [0.3, 0.4) is 0 Å². The summed E-state index contributed by atoms with van der Waals surface area (Å²) in [5.41, 5.74) is 4.55. The molecule has 0 aliphatic rings. The van der Waals surface area contributed by atoms with E-state index in [0.717, 1.165) is 28.2 Å². The van der Waals surface area contributed by atoms with E-state index >= 15 is 0 Å². The Hall–Kier alpha value is -3.29. The van der Waals surface area contributed by atoms with Gasteiger partial charge in [0.1, 0.15) is 10.8 Å². The van der Waals surface area contributed by atoms with Crippen molar-refractivity contribution in [3.05, 3.63) is 77.9 Å². The number of amides is 1. The first-order chi connectivity index (χ1) is 16.4. The molecule has 1 aromatic heterocycles. The van der Waals surface area contributed by atoms with Gasteiger partial charge in [0.05, 0.1) is 16.8 Å². The van der Waals surface area contributed by atoms with E-state index in [1.54, 1.807) is 29.5 Å². The normalized spacial score (nSPS) is 10.9. The molecular weight excluding hydrogens is 462 g/mol. The van der Waals surface area contributed by atoms with Crippen molar-refractivity contribution in [2.24, 2.45) is 5.92 Å². The highest BCUT2D eigenvalue weighted by Gasteiger charge is 2.11. The van der Waals surface area contributed by atoms with Crippen LogP contribution in [0.25, 0.3) is 20.8 Å². The molecule has 0 saturated heterocycles. The van der Waals surface area contributed by atoms with Crippen LogP contribution >= 0.6 is 23.6 Å². The molecule has 4 rings (SSSR count). The fourth-order valence-electron chi connectivity index (χ4n) is 3.33. The van der Waals surface area contributed by atoms with Crippen molar-refractivity contribution in [1.29, 1.82) is 0 Å². The molecule has 0 bridgehead atoms. The van der Waals surface area contributed by atoms with Crippen LogP contribution in [0, 0.1) is 12.8 Å². The number of nitrogens with zero attached hydrogens (tertiary/aromatic N) is 1. The van der Waals surface area contributed by atoms with E-state index in [1.807, 2.05) is 30.3 Å². The number of nitrogens with one attached hydrogen (secondary N) is 2. The fraction of sp³-hybridized carbons (Fsp3) is 0.222. The Morgan fingerprint density at radius 3 is 2.65 bits per heavy atom. The van der Waals surface area contributed by atoms with Crippen molar-refractivity contribution in [2.75, 3.05) is 11.9 Å². The van der Waals surface area contributed by atoms with E-state index in [0.29, 0.717) is 23.8 Å². The number of thiocarbonyl (C=S) groups is 1. The average molecular weight is 490 g/mol. The highest BCUT2D eigenvalue weighted by Crippen LogP contribution is 2.31. The Morgan fingerprint density at radius 2 is 1.88 bits per heavy atom. The molecule has 0 aliphatic heterocycles. The van der Waals surface area contributed by atoms with Crippen LogP contribution in [0.4, 0.5) is 5.69 Å². The number of aromatic nitrogens is 1. The van der Waals surface area contributed by atoms with E-state index in [1.165, 1.54) is 10.3 Å². The number of carbonyl (C=O) groups is 1. The van der Waals surface area contributed by atoms with Crippen LogP contribution in [-0.2, 0) is 0 Å². The molecule has 174 valence electrons. The largest absolute Gasteiger partial charge is 0.494 e. The molecule has 0 fully saturated rings. The molecule has 0 saturated carbocycles. The minimum Gasteiger partial charge on any atom is -0.494 e. The number of carbonyl (C=O) groups excluding carboxylic acids is 1. The van der Waals surface area contributed by atoms with Gasteiger partial charge in [0.2, 0.25) is 0 Å². The van der Waals surface area contributed by atoms with Crippen molar-refractivity contribution in [3.8, 4) is 16.3 Å². The van der Waals surface area contributed by atoms with Gasteiger partial charge in [0, 0.05) is 16.8 Å². The molecule has 0 unspecified atom stereocenters. The maximum absolute atomic E-state index is 12.6. The lowest BCUT2D eigenvalue weighted by Crippen LogP contribution is -2.34. The molecule has 5 nitrogen and oxygen atoms in total. The summed E-state index contributed by atoms with van der Waals surface area (Å²) < 4.78 is 6.92. The summed E-state index contributed by atoms with van der Waals surface area (Å²) in [6.45, 7) is 7.00. The van der Waals surface area contributed by atoms with Crippen molar-refractivity contribution < 1.29 is 9.53 Å². The number of fused-ring (bicyclic) bond motifs is 1. The Labute approximate surface area is 209 Å². The molecule has 0 radical (unpaired) electrons. The molecule has 4 aromatic rings. The zero-order valence-corrected chi connectivity index (χ0v) is 21.1. The summed E-state index contributed by atoms with van der Waals surface area (Å²) in [7, 11) is 0. The van der Waals surface area contributed by atoms with Crippen molar-refractivity contribution in [1.82, 2.24) is 10.3 Å². The minimum atomic E-state index is -0.284. The zero-order chi connectivity index (χ0) is 24.1. The second kappa shape index (κ2) is 10.8. The van der Waals surface area contributed by atoms with Gasteiger partial charge in [-0.3, -0.25) is 10.1 Å². The molecule has 1 heterocycles. The van der Waals surface area contributed by atoms with Crippen molar-refractivity contribution in [3.63, 3.8) is 0 Å². The predicted molar refractivity (Wildman–Crippen MR) is 145 cm³/mol. The third-order valence-corrected chi connectivity index (χ3v) is 6.49. The Morgan fingerprint density at radius 1 is 1.09 bits per heavy atom. The van der Waals surface area contributed by atoms with Crippen LogP contribution < -0.4 is 15.4 Å². The fourth-order valence-corrected chi connectivity index (χ4v) is 4.61. The quantitative estimate of drug-likeness (QED) is 0.279. The number of thiazole rings is 1. The van der Waals surface area contributed by atoms with Gasteiger partial charge >= 0.3 is 0 Å². The summed E-state index contributed by atoms with van der Waals surface area (Å²) in [6.07, 6.45) is 0.960. The molecule has 0 atom stereocenters. The highest BCUT2D eigenvalue weighted by molar-refractivity contribution is 7.80. The molecule has 1 amide bonds. The standard InChI is InChI=1S/C27H27N3O2S2/c1-17(2)13-14-32-22-6-4-5-20(16-22)25(31)30-27(33)28-21-10-8-19(9-11-21)26-29-23-12-7-18(3)15-24(23)34-26/h4-12,15-17H,13-14H2,1-3H3,(H2,28,30,31,33). The molecule has 3 aromatic carbocycles. The molecule has 0 spiro atoms. The van der Waals surface area contributed by atoms with Crippen LogP contribution in [0.15, 0.2) is 66.7 Å². The lowest BCUT2D eigenvalue weighted by molar-refractivity contribution is 0.0977. The highest BCUT2D eigenvalue weighted by atomic mass is 32.1. The van der Waals surface area contributed by atoms with E-state index in [4.69, 9.17) is 21.9 Å². The summed E-state index contributed by atoms with van der Waals surface area (Å²) in [4.78, 5) is 17.4. The van der Waals surface area contributed by atoms with Gasteiger partial charge in [-0.15, -0.1) is 11.3 Å². The maximum Gasteiger partial charge on any atom is 0.257 e. The van der Waals surface area contributed by atoms with E-state index in [2.05, 4.69) is 49.6 Å². The Balaban J connectivity index is 1.35. The van der Waals surface area contributed by atoms with Gasteiger partial charge in [0.25, 0.3) is 5.91 Å². The van der Waals surface area contributed by atoms with Crippen LogP contribution in [-0.4, -0.2) is 22.6 Å². The molecule has 2 N–H and O–H groups in total. The van der Waals surface area contributed by atoms with E-state index in [-0.39, 0.29) is 11.0 Å². The average Bonchev–Trinajstić information content (AvgIpc) is 3.22. The first kappa shape index (κ1) is 23.9. The van der Waals surface area contributed by atoms with E-state index < -0.39 is 0 Å². The summed E-state index contributed by atoms with van der Waals surface area (Å²) in [5.74, 6) is 0.954. The first-order valence-corrected chi connectivity index (χ1v) is 12.4. The third-order valence-electron chi connectivity index (χ3n) is 5.22. The van der Waals surface area contributed by atoms with Gasteiger partial charge in [-0.25, -0.2) is 4.98 Å². The molecule has 0 aliphatic carbocycles. The van der Waals surface area contributed by atoms with Gasteiger partial charge in [-0.2, -0.15) is 0 Å². The second-order valence-corrected chi connectivity index (χ2v) is 9.97. The third kappa shape index (κ3) is 6.18. The minimum absolute atomic E-state index is 0.236. The topological polar surface area (TPSA) is 63.2 Å². The number of ether oxygens (including phenoxy) is 1. The number of aryl methyl sites for hydroxylation is 1. The van der Waals surface area contributed by atoms with Crippen molar-refractivity contribution in [2.45, 2.75) is 27.2 Å². The second-order valence-electron chi connectivity index (χ2n) is 8.53. The number of hydrogen-bond acceptors (Lipinski definition) is 5. The maximum atomic E-state index is 12.6. The van der Waals surface area contributed by atoms with Gasteiger partial charge in [0.15, 0.2) is 5.11 Å². The zero-order valence-electron chi connectivity index (χ0n) is 19.4. The van der Waals surface area contributed by atoms with Gasteiger partial charge in [-0.05, 0) is 91.6 Å². The molecule has 7 heteroatoms. The molecular formula is C27H27N3O2S2. The Kier molecular flexibility index (Phi) is 7.55. The van der Waals surface area contributed by atoms with Crippen LogP contribution in [0.1, 0.15) is 36.2 Å². The number of anilines is 1. The van der Waals surface area contributed by atoms with Crippen LogP contribution in [0.2, 0.25) is 0 Å².